The molecule has 66 valence electrons. The standard InChI is InChI=1S/C12H13N/c1-3-11-9(2)4-5-10-8-13-7-6-12(10)11/h3,6-8H,1,4-5H2,2H3. The van der Waals surface area contributed by atoms with E-state index in [1.807, 2.05) is 18.5 Å². The van der Waals surface area contributed by atoms with E-state index in [-0.39, 0.29) is 0 Å². The maximum Gasteiger partial charge on any atom is 0.0306 e. The van der Waals surface area contributed by atoms with Crippen LogP contribution in [0.5, 0.6) is 0 Å². The Labute approximate surface area is 78.8 Å². The van der Waals surface area contributed by atoms with E-state index >= 15 is 0 Å². The maximum absolute atomic E-state index is 4.13. The summed E-state index contributed by atoms with van der Waals surface area (Å²) in [5, 5.41) is 0. The molecule has 1 aromatic rings. The zero-order valence-corrected chi connectivity index (χ0v) is 7.88. The smallest absolute Gasteiger partial charge is 0.0306 e. The SMILES string of the molecule is C=CC1=C(C)CCc2cnccc21. The highest BCUT2D eigenvalue weighted by Crippen LogP contribution is 2.30. The van der Waals surface area contributed by atoms with Gasteiger partial charge in [0.25, 0.3) is 0 Å². The fourth-order valence-electron chi connectivity index (χ4n) is 1.86. The van der Waals surface area contributed by atoms with Crippen LogP contribution in [-0.2, 0) is 6.42 Å². The van der Waals surface area contributed by atoms with Gasteiger partial charge in [0, 0.05) is 12.4 Å². The molecule has 0 unspecified atom stereocenters. The Bertz CT molecular complexity index is 374. The van der Waals surface area contributed by atoms with Crippen LogP contribution in [0, 0.1) is 0 Å². The number of pyridine rings is 1. The van der Waals surface area contributed by atoms with Crippen molar-refractivity contribution in [1.29, 1.82) is 0 Å². The van der Waals surface area contributed by atoms with Crippen molar-refractivity contribution in [3.05, 3.63) is 47.8 Å². The zero-order chi connectivity index (χ0) is 9.26. The molecule has 0 atom stereocenters. The highest BCUT2D eigenvalue weighted by molar-refractivity contribution is 5.79. The highest BCUT2D eigenvalue weighted by atomic mass is 14.6. The topological polar surface area (TPSA) is 12.9 Å². The van der Waals surface area contributed by atoms with Crippen molar-refractivity contribution in [2.24, 2.45) is 0 Å². The van der Waals surface area contributed by atoms with Crippen LogP contribution in [0.4, 0.5) is 0 Å². The van der Waals surface area contributed by atoms with Gasteiger partial charge in [-0.1, -0.05) is 18.2 Å². The monoisotopic (exact) mass is 171 g/mol. The van der Waals surface area contributed by atoms with Gasteiger partial charge < -0.3 is 0 Å². The first-order valence-electron chi connectivity index (χ1n) is 4.58. The summed E-state index contributed by atoms with van der Waals surface area (Å²) in [6.45, 7) is 6.04. The fraction of sp³-hybridized carbons (Fsp3) is 0.250. The summed E-state index contributed by atoms with van der Waals surface area (Å²) in [6, 6.07) is 2.08. The summed E-state index contributed by atoms with van der Waals surface area (Å²) >= 11 is 0. The summed E-state index contributed by atoms with van der Waals surface area (Å²) in [6.07, 6.45) is 8.02. The van der Waals surface area contributed by atoms with Crippen molar-refractivity contribution in [1.82, 2.24) is 4.98 Å². The van der Waals surface area contributed by atoms with Gasteiger partial charge in [-0.3, -0.25) is 4.98 Å². The van der Waals surface area contributed by atoms with Crippen molar-refractivity contribution in [3.63, 3.8) is 0 Å². The number of rotatable bonds is 1. The number of fused-ring (bicyclic) bond motifs is 1. The number of hydrogen-bond donors (Lipinski definition) is 0. The molecule has 0 aromatic carbocycles. The van der Waals surface area contributed by atoms with Crippen LogP contribution in [0.25, 0.3) is 5.57 Å². The molecule has 0 N–H and O–H groups in total. The van der Waals surface area contributed by atoms with E-state index in [0.29, 0.717) is 0 Å². The lowest BCUT2D eigenvalue weighted by molar-refractivity contribution is 0.911. The lowest BCUT2D eigenvalue weighted by atomic mass is 9.87. The molecule has 1 nitrogen and oxygen atoms in total. The Morgan fingerprint density at radius 2 is 2.31 bits per heavy atom. The quantitative estimate of drug-likeness (QED) is 0.633. The van der Waals surface area contributed by atoms with Gasteiger partial charge in [-0.2, -0.15) is 0 Å². The predicted octanol–water partition coefficient (Wildman–Crippen LogP) is 2.99. The third kappa shape index (κ3) is 1.31. The molecule has 13 heavy (non-hydrogen) atoms. The Morgan fingerprint density at radius 1 is 1.46 bits per heavy atom. The molecule has 0 saturated heterocycles. The average molecular weight is 171 g/mol. The summed E-state index contributed by atoms with van der Waals surface area (Å²) in [5.41, 5.74) is 5.40. The molecule has 0 radical (unpaired) electrons. The minimum atomic E-state index is 1.12. The number of aromatic nitrogens is 1. The average Bonchev–Trinajstić information content (AvgIpc) is 2.18. The van der Waals surface area contributed by atoms with Gasteiger partial charge in [0.05, 0.1) is 0 Å². The van der Waals surface area contributed by atoms with Crippen molar-refractivity contribution in [2.75, 3.05) is 0 Å². The lowest BCUT2D eigenvalue weighted by Crippen LogP contribution is -2.02. The van der Waals surface area contributed by atoms with E-state index in [4.69, 9.17) is 0 Å². The number of allylic oxidation sites excluding steroid dienone is 3. The van der Waals surface area contributed by atoms with E-state index in [9.17, 15) is 0 Å². The van der Waals surface area contributed by atoms with Gasteiger partial charge in [0.2, 0.25) is 0 Å². The van der Waals surface area contributed by atoms with E-state index in [1.54, 1.807) is 0 Å². The first-order valence-corrected chi connectivity index (χ1v) is 4.58. The van der Waals surface area contributed by atoms with Crippen LogP contribution in [0.1, 0.15) is 24.5 Å². The first-order chi connectivity index (χ1) is 6.33. The van der Waals surface area contributed by atoms with E-state index in [0.717, 1.165) is 12.8 Å². The van der Waals surface area contributed by atoms with Crippen LogP contribution >= 0.6 is 0 Å². The Kier molecular flexibility index (Phi) is 2.01. The first kappa shape index (κ1) is 8.24. The van der Waals surface area contributed by atoms with E-state index in [2.05, 4.69) is 24.6 Å². The largest absolute Gasteiger partial charge is 0.264 e. The molecule has 0 saturated carbocycles. The molecular formula is C12H13N. The van der Waals surface area contributed by atoms with Gasteiger partial charge in [0.1, 0.15) is 0 Å². The van der Waals surface area contributed by atoms with Crippen LogP contribution in [0.3, 0.4) is 0 Å². The van der Waals surface area contributed by atoms with E-state index < -0.39 is 0 Å². The molecule has 0 spiro atoms. The molecule has 0 bridgehead atoms. The van der Waals surface area contributed by atoms with Crippen LogP contribution in [0.15, 0.2) is 36.7 Å². The fourth-order valence-corrected chi connectivity index (χ4v) is 1.86. The predicted molar refractivity (Wildman–Crippen MR) is 55.3 cm³/mol. The third-order valence-electron chi connectivity index (χ3n) is 2.63. The lowest BCUT2D eigenvalue weighted by Gasteiger charge is -2.18. The molecule has 1 heteroatoms. The Hall–Kier alpha value is -1.37. The van der Waals surface area contributed by atoms with E-state index in [1.165, 1.54) is 22.3 Å². The summed E-state index contributed by atoms with van der Waals surface area (Å²) in [5.74, 6) is 0. The number of hydrogen-bond acceptors (Lipinski definition) is 1. The van der Waals surface area contributed by atoms with Gasteiger partial charge in [0.15, 0.2) is 0 Å². The van der Waals surface area contributed by atoms with Crippen molar-refractivity contribution in [3.8, 4) is 0 Å². The van der Waals surface area contributed by atoms with Gasteiger partial charge in [-0.05, 0) is 42.5 Å². The van der Waals surface area contributed by atoms with Crippen molar-refractivity contribution in [2.45, 2.75) is 19.8 Å². The summed E-state index contributed by atoms with van der Waals surface area (Å²) in [4.78, 5) is 4.13. The van der Waals surface area contributed by atoms with Gasteiger partial charge in [-0.25, -0.2) is 0 Å². The van der Waals surface area contributed by atoms with Crippen LogP contribution in [0.2, 0.25) is 0 Å². The molecule has 1 heterocycles. The molecule has 1 aliphatic carbocycles. The highest BCUT2D eigenvalue weighted by Gasteiger charge is 2.13. The molecule has 0 aliphatic heterocycles. The van der Waals surface area contributed by atoms with Crippen molar-refractivity contribution >= 4 is 5.57 Å². The third-order valence-corrected chi connectivity index (χ3v) is 2.63. The second-order valence-corrected chi connectivity index (χ2v) is 3.43. The molecule has 1 aromatic heterocycles. The molecule has 0 amide bonds. The molecule has 1 aliphatic rings. The number of aryl methyl sites for hydroxylation is 1. The minimum absolute atomic E-state index is 1.12. The zero-order valence-electron chi connectivity index (χ0n) is 7.88. The normalized spacial score (nSPS) is 15.5. The Balaban J connectivity index is 2.61. The molecule has 0 fully saturated rings. The van der Waals surface area contributed by atoms with Crippen molar-refractivity contribution < 1.29 is 0 Å². The number of nitrogens with zero attached hydrogens (tertiary/aromatic N) is 1. The summed E-state index contributed by atoms with van der Waals surface area (Å²) < 4.78 is 0. The maximum atomic E-state index is 4.13. The molecular weight excluding hydrogens is 158 g/mol. The van der Waals surface area contributed by atoms with Gasteiger partial charge >= 0.3 is 0 Å². The summed E-state index contributed by atoms with van der Waals surface area (Å²) in [7, 11) is 0. The van der Waals surface area contributed by atoms with Crippen LogP contribution in [-0.4, -0.2) is 4.98 Å². The Morgan fingerprint density at radius 3 is 3.08 bits per heavy atom. The second-order valence-electron chi connectivity index (χ2n) is 3.43. The van der Waals surface area contributed by atoms with Crippen LogP contribution < -0.4 is 0 Å². The molecule has 2 rings (SSSR count). The second kappa shape index (κ2) is 3.17. The minimum Gasteiger partial charge on any atom is -0.264 e. The van der Waals surface area contributed by atoms with Gasteiger partial charge in [-0.15, -0.1) is 0 Å².